The molecule has 0 fully saturated rings. The zero-order valence-electron chi connectivity index (χ0n) is 9.86. The van der Waals surface area contributed by atoms with Gasteiger partial charge in [-0.15, -0.1) is 0 Å². The number of hydrogen-bond donors (Lipinski definition) is 1. The average Bonchev–Trinajstić information content (AvgIpc) is 2.25. The number of ether oxygens (including phenoxy) is 1. The van der Waals surface area contributed by atoms with Crippen molar-refractivity contribution >= 4 is 45.3 Å². The Labute approximate surface area is 124 Å². The van der Waals surface area contributed by atoms with Gasteiger partial charge >= 0.3 is 5.97 Å². The van der Waals surface area contributed by atoms with Gasteiger partial charge in [0.15, 0.2) is 0 Å². The number of carboxylic acids is 1. The van der Waals surface area contributed by atoms with E-state index >= 15 is 0 Å². The fourth-order valence-corrected chi connectivity index (χ4v) is 2.94. The molecule has 0 amide bonds. The van der Waals surface area contributed by atoms with E-state index in [0.29, 0.717) is 11.6 Å². The average molecular weight is 354 g/mol. The monoisotopic (exact) mass is 352 g/mol. The summed E-state index contributed by atoms with van der Waals surface area (Å²) in [5.74, 6) is 0.728. The van der Waals surface area contributed by atoms with Crippen LogP contribution in [0.15, 0.2) is 22.7 Å². The van der Waals surface area contributed by atoms with Gasteiger partial charge in [0.25, 0.3) is 0 Å². The van der Waals surface area contributed by atoms with E-state index < -0.39 is 5.97 Å². The smallest absolute Gasteiger partial charge is 0.304 e. The summed E-state index contributed by atoms with van der Waals surface area (Å²) in [6, 6.07) is 5.34. The van der Waals surface area contributed by atoms with Gasteiger partial charge in [-0.2, -0.15) is 11.8 Å². The van der Waals surface area contributed by atoms with E-state index in [0.717, 1.165) is 16.0 Å². The van der Waals surface area contributed by atoms with Gasteiger partial charge in [-0.1, -0.05) is 18.5 Å². The maximum absolute atomic E-state index is 10.5. The van der Waals surface area contributed by atoms with Crippen LogP contribution in [0.2, 0.25) is 5.02 Å². The Balaban J connectivity index is 2.27. The Hall–Kier alpha value is -0.390. The van der Waals surface area contributed by atoms with Crippen LogP contribution in [-0.4, -0.2) is 28.7 Å². The van der Waals surface area contributed by atoms with Gasteiger partial charge in [0.2, 0.25) is 0 Å². The highest BCUT2D eigenvalue weighted by atomic mass is 79.9. The van der Waals surface area contributed by atoms with Gasteiger partial charge in [-0.3, -0.25) is 4.79 Å². The lowest BCUT2D eigenvalue weighted by molar-refractivity contribution is -0.136. The van der Waals surface area contributed by atoms with Crippen LogP contribution in [0.5, 0.6) is 5.75 Å². The van der Waals surface area contributed by atoms with Gasteiger partial charge in [0, 0.05) is 16.0 Å². The zero-order valence-corrected chi connectivity index (χ0v) is 13.0. The zero-order chi connectivity index (χ0) is 13.5. The van der Waals surface area contributed by atoms with Crippen molar-refractivity contribution in [2.45, 2.75) is 18.6 Å². The maximum atomic E-state index is 10.5. The summed E-state index contributed by atoms with van der Waals surface area (Å²) in [6.07, 6.45) is 0.176. The van der Waals surface area contributed by atoms with Crippen LogP contribution in [0.3, 0.4) is 0 Å². The maximum Gasteiger partial charge on any atom is 0.304 e. The molecule has 0 bridgehead atoms. The molecule has 0 aliphatic rings. The molecule has 6 heteroatoms. The fourth-order valence-electron chi connectivity index (χ4n) is 1.30. The molecule has 0 radical (unpaired) electrons. The molecule has 0 spiro atoms. The standard InChI is InChI=1S/C12H14BrClO3S/c1-8(6-12(15)16)18-5-4-17-11-3-2-9(14)7-10(11)13/h2-3,7-8H,4-6H2,1H3,(H,15,16). The summed E-state index contributed by atoms with van der Waals surface area (Å²) in [4.78, 5) is 10.5. The van der Waals surface area contributed by atoms with Gasteiger partial charge < -0.3 is 9.84 Å². The summed E-state index contributed by atoms with van der Waals surface area (Å²) in [6.45, 7) is 2.44. The first-order valence-corrected chi connectivity index (χ1v) is 7.62. The predicted molar refractivity (Wildman–Crippen MR) is 78.8 cm³/mol. The van der Waals surface area contributed by atoms with Gasteiger partial charge in [0.05, 0.1) is 17.5 Å². The summed E-state index contributed by atoms with van der Waals surface area (Å²) in [7, 11) is 0. The van der Waals surface area contributed by atoms with Crippen LogP contribution in [0.1, 0.15) is 13.3 Å². The second kappa shape index (κ2) is 7.92. The van der Waals surface area contributed by atoms with Crippen molar-refractivity contribution in [3.63, 3.8) is 0 Å². The Kier molecular flexibility index (Phi) is 6.89. The van der Waals surface area contributed by atoms with E-state index in [2.05, 4.69) is 15.9 Å². The molecule has 0 aliphatic carbocycles. The molecule has 18 heavy (non-hydrogen) atoms. The Morgan fingerprint density at radius 2 is 2.33 bits per heavy atom. The van der Waals surface area contributed by atoms with Crippen LogP contribution in [0.25, 0.3) is 0 Å². The van der Waals surface area contributed by atoms with Crippen LogP contribution < -0.4 is 4.74 Å². The third-order valence-corrected chi connectivity index (χ3v) is 4.09. The minimum atomic E-state index is -0.767. The molecule has 1 rings (SSSR count). The summed E-state index contributed by atoms with van der Waals surface area (Å²) < 4.78 is 6.39. The number of rotatable bonds is 7. The number of hydrogen-bond acceptors (Lipinski definition) is 3. The third-order valence-electron chi connectivity index (χ3n) is 2.10. The number of aliphatic carboxylic acids is 1. The Bertz CT molecular complexity index is 414. The van der Waals surface area contributed by atoms with Crippen molar-refractivity contribution in [2.24, 2.45) is 0 Å². The van der Waals surface area contributed by atoms with Gasteiger partial charge in [0.1, 0.15) is 5.75 Å². The lowest BCUT2D eigenvalue weighted by Gasteiger charge is -2.10. The molecule has 1 unspecified atom stereocenters. The SMILES string of the molecule is CC(CC(=O)O)SCCOc1ccc(Cl)cc1Br. The molecule has 0 aromatic heterocycles. The van der Waals surface area contributed by atoms with Crippen LogP contribution >= 0.6 is 39.3 Å². The quantitative estimate of drug-likeness (QED) is 0.750. The normalized spacial score (nSPS) is 12.2. The molecule has 0 saturated carbocycles. The second-order valence-corrected chi connectivity index (χ2v) is 6.54. The lowest BCUT2D eigenvalue weighted by Crippen LogP contribution is -2.09. The van der Waals surface area contributed by atoms with Crippen molar-refractivity contribution < 1.29 is 14.6 Å². The molecule has 1 aromatic carbocycles. The minimum Gasteiger partial charge on any atom is -0.492 e. The third kappa shape index (κ3) is 5.98. The second-order valence-electron chi connectivity index (χ2n) is 3.70. The highest BCUT2D eigenvalue weighted by Crippen LogP contribution is 2.28. The first-order chi connectivity index (χ1) is 8.49. The van der Waals surface area contributed by atoms with E-state index in [9.17, 15) is 4.79 Å². The lowest BCUT2D eigenvalue weighted by atomic mass is 10.3. The number of carbonyl (C=O) groups is 1. The fraction of sp³-hybridized carbons (Fsp3) is 0.417. The molecular formula is C12H14BrClO3S. The number of benzene rings is 1. The topological polar surface area (TPSA) is 46.5 Å². The van der Waals surface area contributed by atoms with E-state index in [1.807, 2.05) is 6.92 Å². The van der Waals surface area contributed by atoms with Crippen molar-refractivity contribution in [3.05, 3.63) is 27.7 Å². The summed E-state index contributed by atoms with van der Waals surface area (Å²) >= 11 is 10.8. The Morgan fingerprint density at radius 1 is 1.61 bits per heavy atom. The summed E-state index contributed by atoms with van der Waals surface area (Å²) in [5, 5.41) is 9.37. The molecular weight excluding hydrogens is 340 g/mol. The highest BCUT2D eigenvalue weighted by molar-refractivity contribution is 9.10. The molecule has 100 valence electrons. The predicted octanol–water partition coefficient (Wildman–Crippen LogP) is 4.08. The number of thioether (sulfide) groups is 1. The number of carboxylic acid groups (broad SMARTS) is 1. The first kappa shape index (κ1) is 15.7. The van der Waals surface area contributed by atoms with E-state index in [1.54, 1.807) is 30.0 Å². The van der Waals surface area contributed by atoms with Crippen LogP contribution in [0.4, 0.5) is 0 Å². The number of halogens is 2. The molecule has 0 saturated heterocycles. The van der Waals surface area contributed by atoms with Crippen LogP contribution in [-0.2, 0) is 4.79 Å². The first-order valence-electron chi connectivity index (χ1n) is 5.40. The molecule has 3 nitrogen and oxygen atoms in total. The minimum absolute atomic E-state index is 0.0970. The van der Waals surface area contributed by atoms with E-state index in [4.69, 9.17) is 21.4 Å². The molecule has 1 N–H and O–H groups in total. The van der Waals surface area contributed by atoms with Gasteiger partial charge in [-0.05, 0) is 34.1 Å². The van der Waals surface area contributed by atoms with E-state index in [1.165, 1.54) is 0 Å². The van der Waals surface area contributed by atoms with Gasteiger partial charge in [-0.25, -0.2) is 0 Å². The largest absolute Gasteiger partial charge is 0.492 e. The van der Waals surface area contributed by atoms with Crippen LogP contribution in [0, 0.1) is 0 Å². The molecule has 1 atom stereocenters. The molecule has 0 aliphatic heterocycles. The summed E-state index contributed by atoms with van der Waals surface area (Å²) in [5.41, 5.74) is 0. The van der Waals surface area contributed by atoms with Crippen molar-refractivity contribution in [1.82, 2.24) is 0 Å². The van der Waals surface area contributed by atoms with Crippen molar-refractivity contribution in [1.29, 1.82) is 0 Å². The van der Waals surface area contributed by atoms with E-state index in [-0.39, 0.29) is 11.7 Å². The highest BCUT2D eigenvalue weighted by Gasteiger charge is 2.08. The Morgan fingerprint density at radius 3 is 2.94 bits per heavy atom. The van der Waals surface area contributed by atoms with Crippen molar-refractivity contribution in [3.8, 4) is 5.75 Å². The molecule has 1 aromatic rings. The molecule has 0 heterocycles. The van der Waals surface area contributed by atoms with Crippen molar-refractivity contribution in [2.75, 3.05) is 12.4 Å².